The molecule has 0 unspecified atom stereocenters. The maximum absolute atomic E-state index is 13.1. The van der Waals surface area contributed by atoms with Crippen LogP contribution in [0.1, 0.15) is 21.7 Å². The maximum Gasteiger partial charge on any atom is 0.322 e. The molecule has 13 heteroatoms. The minimum atomic E-state index is -1.63. The fourth-order valence-electron chi connectivity index (χ4n) is 4.29. The van der Waals surface area contributed by atoms with E-state index in [-0.39, 0.29) is 30.5 Å². The molecule has 34 heavy (non-hydrogen) atoms. The van der Waals surface area contributed by atoms with E-state index in [0.29, 0.717) is 28.1 Å². The third-order valence-electron chi connectivity index (χ3n) is 5.96. The molecule has 170 valence electrons. The average molecular weight is 460 g/mol. The van der Waals surface area contributed by atoms with Gasteiger partial charge in [-0.1, -0.05) is 6.07 Å². The number of aromatic nitrogens is 5. The molecule has 3 aromatic heterocycles. The Morgan fingerprint density at radius 2 is 2.09 bits per heavy atom. The topological polar surface area (TPSA) is 168 Å². The lowest BCUT2D eigenvalue weighted by Crippen LogP contribution is -2.52. The van der Waals surface area contributed by atoms with E-state index in [9.17, 15) is 14.4 Å². The number of nitrogens with one attached hydrogen (secondary N) is 3. The number of hydrogen-bond donors (Lipinski definition) is 3. The monoisotopic (exact) mass is 460 g/mol. The number of imide groups is 1. The van der Waals surface area contributed by atoms with Gasteiger partial charge in [0.2, 0.25) is 11.5 Å². The van der Waals surface area contributed by atoms with Crippen LogP contribution in [0.15, 0.2) is 40.9 Å². The third kappa shape index (κ3) is 2.90. The summed E-state index contributed by atoms with van der Waals surface area (Å²) in [7, 11) is 1.52. The van der Waals surface area contributed by atoms with Gasteiger partial charge in [0.05, 0.1) is 13.7 Å². The summed E-state index contributed by atoms with van der Waals surface area (Å²) in [6.07, 6.45) is 1.51. The van der Waals surface area contributed by atoms with Crippen molar-refractivity contribution in [3.05, 3.63) is 53.4 Å². The number of rotatable bonds is 5. The number of furan rings is 1. The molecule has 4 aromatic rings. The lowest BCUT2D eigenvalue weighted by Gasteiger charge is -2.28. The third-order valence-corrected chi connectivity index (χ3v) is 5.96. The number of benzene rings is 1. The summed E-state index contributed by atoms with van der Waals surface area (Å²) in [5.41, 5.74) is 0.473. The minimum Gasteiger partial charge on any atom is -0.497 e. The second-order valence-corrected chi connectivity index (χ2v) is 7.96. The Morgan fingerprint density at radius 1 is 1.21 bits per heavy atom. The summed E-state index contributed by atoms with van der Waals surface area (Å²) in [6, 6.07) is 7.87. The zero-order chi connectivity index (χ0) is 23.4. The Balaban J connectivity index is 1.39. The number of amides is 4. The lowest BCUT2D eigenvalue weighted by molar-refractivity contribution is -0.125. The number of hydrogen-bond acceptors (Lipinski definition) is 9. The van der Waals surface area contributed by atoms with Crippen LogP contribution >= 0.6 is 0 Å². The molecule has 1 atom stereocenters. The van der Waals surface area contributed by atoms with Crippen molar-refractivity contribution in [2.75, 3.05) is 13.7 Å². The number of aromatic amines is 1. The molecule has 5 heterocycles. The first-order chi connectivity index (χ1) is 16.5. The van der Waals surface area contributed by atoms with Gasteiger partial charge in [-0.2, -0.15) is 5.21 Å². The second kappa shape index (κ2) is 7.10. The van der Waals surface area contributed by atoms with Gasteiger partial charge in [0.15, 0.2) is 5.54 Å². The number of urea groups is 1. The van der Waals surface area contributed by atoms with Gasteiger partial charge in [0.25, 0.3) is 11.8 Å². The van der Waals surface area contributed by atoms with Crippen LogP contribution in [0.4, 0.5) is 4.79 Å². The highest BCUT2D eigenvalue weighted by Gasteiger charge is 2.53. The van der Waals surface area contributed by atoms with E-state index in [0.717, 1.165) is 5.56 Å². The summed E-state index contributed by atoms with van der Waals surface area (Å²) in [4.78, 5) is 44.1. The van der Waals surface area contributed by atoms with Crippen LogP contribution in [-0.4, -0.2) is 62.0 Å². The Labute approximate surface area is 190 Å². The quantitative estimate of drug-likeness (QED) is 0.363. The highest BCUT2D eigenvalue weighted by molar-refractivity contribution is 6.08. The standard InChI is InChI=1S/C21H16N8O5/c1-33-13-3-2-10-8-29(18(30)14(10)6-13)9-21(19(31)23-20(32)24-21)15-5-11-4-12(7-22-17(11)34-15)16-25-27-28-26-16/h2-7H,8-9H2,1H3,(H2,23,24,31,32)(H,25,26,27,28)/t21-/m0/s1. The zero-order valence-electron chi connectivity index (χ0n) is 17.7. The van der Waals surface area contributed by atoms with Crippen molar-refractivity contribution in [1.29, 1.82) is 0 Å². The molecule has 0 spiro atoms. The van der Waals surface area contributed by atoms with Crippen LogP contribution < -0.4 is 15.4 Å². The molecular weight excluding hydrogens is 444 g/mol. The van der Waals surface area contributed by atoms with E-state index in [1.54, 1.807) is 30.3 Å². The van der Waals surface area contributed by atoms with Gasteiger partial charge >= 0.3 is 6.03 Å². The number of methoxy groups -OCH3 is 1. The number of tetrazole rings is 1. The number of fused-ring (bicyclic) bond motifs is 2. The zero-order valence-corrected chi connectivity index (χ0v) is 17.7. The van der Waals surface area contributed by atoms with Gasteiger partial charge in [-0.3, -0.25) is 14.9 Å². The van der Waals surface area contributed by atoms with Gasteiger partial charge in [-0.25, -0.2) is 9.78 Å². The van der Waals surface area contributed by atoms with Gasteiger partial charge < -0.3 is 19.4 Å². The molecule has 1 fully saturated rings. The normalized spacial score (nSPS) is 19.4. The van der Waals surface area contributed by atoms with Crippen LogP contribution in [-0.2, 0) is 16.9 Å². The summed E-state index contributed by atoms with van der Waals surface area (Å²) in [5, 5.41) is 19.2. The Kier molecular flexibility index (Phi) is 4.14. The average Bonchev–Trinajstić information content (AvgIpc) is 3.61. The van der Waals surface area contributed by atoms with E-state index in [1.165, 1.54) is 18.2 Å². The Bertz CT molecular complexity index is 1480. The molecule has 0 radical (unpaired) electrons. The molecule has 4 amide bonds. The van der Waals surface area contributed by atoms with E-state index in [2.05, 4.69) is 36.2 Å². The number of ether oxygens (including phenoxy) is 1. The number of H-pyrrole nitrogens is 1. The Hall–Kier alpha value is -4.81. The first-order valence-electron chi connectivity index (χ1n) is 10.2. The van der Waals surface area contributed by atoms with Crippen LogP contribution in [0.3, 0.4) is 0 Å². The van der Waals surface area contributed by atoms with E-state index >= 15 is 0 Å². The predicted octanol–water partition coefficient (Wildman–Crippen LogP) is 0.707. The van der Waals surface area contributed by atoms with Crippen LogP contribution in [0, 0.1) is 0 Å². The van der Waals surface area contributed by atoms with Gasteiger partial charge in [-0.05, 0) is 35.0 Å². The van der Waals surface area contributed by atoms with Crippen molar-refractivity contribution < 1.29 is 23.5 Å². The van der Waals surface area contributed by atoms with Crippen molar-refractivity contribution >= 4 is 28.9 Å². The molecular formula is C21H16N8O5. The summed E-state index contributed by atoms with van der Waals surface area (Å²) in [5.74, 6) is 0.128. The van der Waals surface area contributed by atoms with E-state index < -0.39 is 17.5 Å². The molecule has 2 aliphatic rings. The predicted molar refractivity (Wildman–Crippen MR) is 113 cm³/mol. The van der Waals surface area contributed by atoms with Crippen molar-refractivity contribution in [2.45, 2.75) is 12.1 Å². The van der Waals surface area contributed by atoms with Crippen LogP contribution in [0.25, 0.3) is 22.5 Å². The first kappa shape index (κ1) is 19.8. The van der Waals surface area contributed by atoms with E-state index in [1.807, 2.05) is 0 Å². The highest BCUT2D eigenvalue weighted by Crippen LogP contribution is 2.35. The summed E-state index contributed by atoms with van der Waals surface area (Å²) < 4.78 is 11.1. The minimum absolute atomic E-state index is 0.141. The number of nitrogens with zero attached hydrogens (tertiary/aromatic N) is 5. The molecule has 0 bridgehead atoms. The SMILES string of the molecule is COc1ccc2c(c1)C(=O)N(C[C@@]1(c3cc4cc(-c5nn[nH]n5)cnc4o3)NC(=O)NC1=O)C2. The smallest absolute Gasteiger partial charge is 0.322 e. The summed E-state index contributed by atoms with van der Waals surface area (Å²) >= 11 is 0. The Morgan fingerprint density at radius 3 is 2.82 bits per heavy atom. The van der Waals surface area contributed by atoms with Gasteiger partial charge in [-0.15, -0.1) is 10.2 Å². The van der Waals surface area contributed by atoms with Crippen LogP contribution in [0.2, 0.25) is 0 Å². The summed E-state index contributed by atoms with van der Waals surface area (Å²) in [6.45, 7) is 0.126. The first-order valence-corrected chi connectivity index (χ1v) is 10.2. The lowest BCUT2D eigenvalue weighted by atomic mass is 9.95. The molecule has 1 aromatic carbocycles. The molecule has 0 saturated carbocycles. The number of carbonyl (C=O) groups is 3. The maximum atomic E-state index is 13.1. The number of pyridine rings is 1. The molecule has 3 N–H and O–H groups in total. The van der Waals surface area contributed by atoms with Crippen molar-refractivity contribution in [2.24, 2.45) is 0 Å². The molecule has 1 saturated heterocycles. The molecule has 2 aliphatic heterocycles. The van der Waals surface area contributed by atoms with Crippen molar-refractivity contribution in [3.8, 4) is 17.1 Å². The fourth-order valence-corrected chi connectivity index (χ4v) is 4.29. The van der Waals surface area contributed by atoms with Crippen molar-refractivity contribution in [1.82, 2.24) is 41.1 Å². The van der Waals surface area contributed by atoms with Crippen LogP contribution in [0.5, 0.6) is 5.75 Å². The second-order valence-electron chi connectivity index (χ2n) is 7.96. The molecule has 13 nitrogen and oxygen atoms in total. The van der Waals surface area contributed by atoms with Gasteiger partial charge in [0, 0.05) is 29.3 Å². The number of carbonyl (C=O) groups excluding carboxylic acids is 3. The van der Waals surface area contributed by atoms with Crippen molar-refractivity contribution in [3.63, 3.8) is 0 Å². The molecule has 0 aliphatic carbocycles. The largest absolute Gasteiger partial charge is 0.497 e. The molecule has 6 rings (SSSR count). The fraction of sp³-hybridized carbons (Fsp3) is 0.190. The highest BCUT2D eigenvalue weighted by atomic mass is 16.5. The van der Waals surface area contributed by atoms with E-state index in [4.69, 9.17) is 9.15 Å². The van der Waals surface area contributed by atoms with Gasteiger partial charge in [0.1, 0.15) is 11.5 Å².